The van der Waals surface area contributed by atoms with Gasteiger partial charge in [0.15, 0.2) is 30.0 Å². The fourth-order valence-electron chi connectivity index (χ4n) is 3.51. The number of aromatic nitrogens is 4. The van der Waals surface area contributed by atoms with E-state index in [1.807, 2.05) is 0 Å². The second kappa shape index (κ2) is 11.3. The molecule has 1 aliphatic rings. The number of alkyl carbamates (subject to hydrolysis) is 1. The first-order valence-electron chi connectivity index (χ1n) is 12.0. The Morgan fingerprint density at radius 1 is 1.18 bits per heavy atom. The highest BCUT2D eigenvalue weighted by Gasteiger charge is 2.50. The first-order chi connectivity index (χ1) is 17.9. The number of carbonyl (C=O) groups is 3. The quantitative estimate of drug-likeness (QED) is 0.293. The average Bonchev–Trinajstić information content (AvgIpc) is 3.30. The summed E-state index contributed by atoms with van der Waals surface area (Å²) in [6.45, 7) is 10.7. The van der Waals surface area contributed by atoms with Crippen molar-refractivity contribution in [1.29, 1.82) is 0 Å². The Labute approximate surface area is 228 Å². The molecule has 1 aliphatic heterocycles. The summed E-state index contributed by atoms with van der Waals surface area (Å²) in [5.74, 6) is -0.893. The third-order valence-corrected chi connectivity index (χ3v) is 5.23. The molecule has 3 rings (SSSR count). The summed E-state index contributed by atoms with van der Waals surface area (Å²) in [6, 6.07) is -1.11. The van der Waals surface area contributed by atoms with Crippen LogP contribution in [0, 0.1) is 0 Å². The minimum Gasteiger partial charge on any atom is -0.461 e. The molecule has 1 fully saturated rings. The van der Waals surface area contributed by atoms with Crippen molar-refractivity contribution in [1.82, 2.24) is 24.8 Å². The van der Waals surface area contributed by atoms with Crippen molar-refractivity contribution < 1.29 is 42.5 Å². The Morgan fingerprint density at radius 3 is 2.44 bits per heavy atom. The Morgan fingerprint density at radius 2 is 1.82 bits per heavy atom. The summed E-state index contributed by atoms with van der Waals surface area (Å²) < 4.78 is 43.6. The number of hydrogen-bond donors (Lipinski definition) is 2. The van der Waals surface area contributed by atoms with E-state index in [-0.39, 0.29) is 22.3 Å². The topological polar surface area (TPSA) is 179 Å². The lowest BCUT2D eigenvalue weighted by atomic mass is 10.1. The summed E-state index contributed by atoms with van der Waals surface area (Å²) >= 11 is 5.91. The van der Waals surface area contributed by atoms with Crippen LogP contribution in [0.1, 0.15) is 54.7 Å². The lowest BCUT2D eigenvalue weighted by Gasteiger charge is -2.24. The first-order valence-corrected chi connectivity index (χ1v) is 12.3. The fraction of sp³-hybridized carbons (Fsp3) is 0.652. The maximum atomic E-state index is 15.8. The molecule has 1 saturated heterocycles. The Kier molecular flexibility index (Phi) is 8.75. The molecule has 2 aromatic rings. The number of alkyl halides is 1. The van der Waals surface area contributed by atoms with Crippen LogP contribution in [0.5, 0.6) is 0 Å². The summed E-state index contributed by atoms with van der Waals surface area (Å²) in [6.07, 6.45) is -7.00. The SMILES string of the molecule is CC(NC(=O)OC(C)(C)C)C(=O)OC[C@H]1O[C@@H](n2cnc3c(N)nc(Cl)nc32)[C@@H](F)[C@@H]1OC(=O)OC(C)(C)C. The summed E-state index contributed by atoms with van der Waals surface area (Å²) in [5, 5.41) is 2.14. The van der Waals surface area contributed by atoms with Gasteiger partial charge in [-0.1, -0.05) is 0 Å². The second-order valence-corrected chi connectivity index (χ2v) is 11.1. The van der Waals surface area contributed by atoms with E-state index < -0.39 is 66.7 Å². The molecule has 2 aromatic heterocycles. The van der Waals surface area contributed by atoms with Crippen LogP contribution in [0.4, 0.5) is 19.8 Å². The smallest absolute Gasteiger partial charge is 0.461 e. The molecule has 0 aliphatic carbocycles. The number of ether oxygens (including phenoxy) is 5. The van der Waals surface area contributed by atoms with Crippen LogP contribution < -0.4 is 11.1 Å². The third-order valence-electron chi connectivity index (χ3n) is 5.06. The van der Waals surface area contributed by atoms with Gasteiger partial charge in [-0.25, -0.2) is 23.8 Å². The highest BCUT2D eigenvalue weighted by Crippen LogP contribution is 2.36. The van der Waals surface area contributed by atoms with Gasteiger partial charge in [-0.15, -0.1) is 0 Å². The Hall–Kier alpha value is -3.46. The fourth-order valence-corrected chi connectivity index (χ4v) is 3.68. The molecule has 16 heteroatoms. The molecule has 3 heterocycles. The number of nitrogen functional groups attached to an aromatic ring is 1. The van der Waals surface area contributed by atoms with E-state index in [0.717, 1.165) is 0 Å². The highest BCUT2D eigenvalue weighted by atomic mass is 35.5. The van der Waals surface area contributed by atoms with Crippen molar-refractivity contribution >= 4 is 46.8 Å². The molecule has 0 saturated carbocycles. The monoisotopic (exact) mass is 574 g/mol. The predicted octanol–water partition coefficient (Wildman–Crippen LogP) is 3.07. The molecule has 14 nitrogen and oxygen atoms in total. The normalized spacial score (nSPS) is 22.3. The van der Waals surface area contributed by atoms with Crippen molar-refractivity contribution in [2.24, 2.45) is 0 Å². The molecule has 5 atom stereocenters. The zero-order valence-electron chi connectivity index (χ0n) is 22.6. The van der Waals surface area contributed by atoms with Crippen molar-refractivity contribution in [2.45, 2.75) is 90.3 Å². The molecule has 216 valence electrons. The standard InChI is InChI=1S/C23H32ClFN6O8/c1-10(28-20(33)38-22(2,3)4)18(32)35-8-11-14(37-21(34)39-23(5,6)7)12(25)17(36-11)31-9-27-13-15(26)29-19(24)30-16(13)31/h9-12,14,17H,8H2,1-7H3,(H,28,33)(H2,26,29,30)/t10?,11-,12+,14-,17-/m1/s1. The van der Waals surface area contributed by atoms with Crippen LogP contribution >= 0.6 is 11.6 Å². The number of fused-ring (bicyclic) bond motifs is 1. The Bertz CT molecular complexity index is 1230. The summed E-state index contributed by atoms with van der Waals surface area (Å²) in [5.41, 5.74) is 4.36. The third kappa shape index (κ3) is 7.79. The molecule has 1 unspecified atom stereocenters. The number of amides is 1. The molecular formula is C23H32ClFN6O8. The van der Waals surface area contributed by atoms with Crippen LogP contribution in [0.25, 0.3) is 11.2 Å². The van der Waals surface area contributed by atoms with E-state index >= 15 is 4.39 Å². The number of rotatable bonds is 6. The molecule has 3 N–H and O–H groups in total. The van der Waals surface area contributed by atoms with E-state index in [1.165, 1.54) is 17.8 Å². The maximum Gasteiger partial charge on any atom is 0.509 e. The lowest BCUT2D eigenvalue weighted by Crippen LogP contribution is -2.44. The van der Waals surface area contributed by atoms with Crippen molar-refractivity contribution in [2.75, 3.05) is 12.3 Å². The molecule has 39 heavy (non-hydrogen) atoms. The van der Waals surface area contributed by atoms with Gasteiger partial charge in [-0.2, -0.15) is 9.97 Å². The minimum atomic E-state index is -1.98. The highest BCUT2D eigenvalue weighted by molar-refractivity contribution is 6.28. The molecule has 0 spiro atoms. The van der Waals surface area contributed by atoms with Crippen LogP contribution in [-0.4, -0.2) is 80.0 Å². The van der Waals surface area contributed by atoms with E-state index in [2.05, 4.69) is 20.3 Å². The number of imidazole rings is 1. The number of nitrogens with zero attached hydrogens (tertiary/aromatic N) is 4. The van der Waals surface area contributed by atoms with E-state index in [1.54, 1.807) is 41.5 Å². The van der Waals surface area contributed by atoms with E-state index in [4.69, 9.17) is 41.0 Å². The minimum absolute atomic E-state index is 0.0318. The largest absolute Gasteiger partial charge is 0.509 e. The van der Waals surface area contributed by atoms with E-state index in [9.17, 15) is 14.4 Å². The summed E-state index contributed by atoms with van der Waals surface area (Å²) in [4.78, 5) is 48.8. The van der Waals surface area contributed by atoms with Crippen LogP contribution in [-0.2, 0) is 28.5 Å². The number of carbonyl (C=O) groups excluding carboxylic acids is 3. The van der Waals surface area contributed by atoms with Crippen LogP contribution in [0.3, 0.4) is 0 Å². The number of nitrogens with one attached hydrogen (secondary N) is 1. The van der Waals surface area contributed by atoms with Gasteiger partial charge < -0.3 is 34.7 Å². The first kappa shape index (κ1) is 30.1. The van der Waals surface area contributed by atoms with Crippen LogP contribution in [0.2, 0.25) is 5.28 Å². The van der Waals surface area contributed by atoms with Gasteiger partial charge in [0.05, 0.1) is 6.33 Å². The summed E-state index contributed by atoms with van der Waals surface area (Å²) in [7, 11) is 0. The molecule has 1 amide bonds. The van der Waals surface area contributed by atoms with Gasteiger partial charge in [0.1, 0.15) is 35.5 Å². The second-order valence-electron chi connectivity index (χ2n) is 10.8. The predicted molar refractivity (Wildman–Crippen MR) is 134 cm³/mol. The zero-order chi connectivity index (χ0) is 29.3. The number of hydrogen-bond acceptors (Lipinski definition) is 12. The van der Waals surface area contributed by atoms with Gasteiger partial charge in [-0.3, -0.25) is 4.57 Å². The van der Waals surface area contributed by atoms with Gasteiger partial charge in [0.2, 0.25) is 5.28 Å². The van der Waals surface area contributed by atoms with Gasteiger partial charge in [0, 0.05) is 0 Å². The van der Waals surface area contributed by atoms with Gasteiger partial charge in [-0.05, 0) is 60.1 Å². The van der Waals surface area contributed by atoms with Crippen molar-refractivity contribution in [3.8, 4) is 0 Å². The molecule has 0 aromatic carbocycles. The van der Waals surface area contributed by atoms with Crippen molar-refractivity contribution in [3.63, 3.8) is 0 Å². The maximum absolute atomic E-state index is 15.8. The molecule has 0 bridgehead atoms. The van der Waals surface area contributed by atoms with Gasteiger partial charge in [0.25, 0.3) is 0 Å². The lowest BCUT2D eigenvalue weighted by molar-refractivity contribution is -0.152. The van der Waals surface area contributed by atoms with Gasteiger partial charge >= 0.3 is 18.2 Å². The molecular weight excluding hydrogens is 543 g/mol. The average molecular weight is 575 g/mol. The number of nitrogens with two attached hydrogens (primary N) is 1. The molecule has 0 radical (unpaired) electrons. The van der Waals surface area contributed by atoms with Crippen molar-refractivity contribution in [3.05, 3.63) is 11.6 Å². The number of anilines is 1. The zero-order valence-corrected chi connectivity index (χ0v) is 23.3. The Balaban J connectivity index is 1.78. The number of halogens is 2. The number of esters is 1. The van der Waals surface area contributed by atoms with Crippen LogP contribution in [0.15, 0.2) is 6.33 Å². The van der Waals surface area contributed by atoms with E-state index in [0.29, 0.717) is 0 Å².